The van der Waals surface area contributed by atoms with Crippen LogP contribution in [-0.4, -0.2) is 29.4 Å². The average molecular weight is 299 g/mol. The number of halogens is 4. The monoisotopic (exact) mass is 298 g/mol. The van der Waals surface area contributed by atoms with Crippen molar-refractivity contribution in [1.82, 2.24) is 0 Å². The molecule has 0 fully saturated rings. The number of hydrogen-bond acceptors (Lipinski definition) is 4. The normalized spacial score (nSPS) is 14.9. The van der Waals surface area contributed by atoms with Crippen LogP contribution in [0.3, 0.4) is 0 Å². The number of carbonyl (C=O) groups is 1. The SMILES string of the molecule is COC(=O)C(O)C(O)c1ccc(Cl)c(C(F)(F)F)c1. The molecule has 19 heavy (non-hydrogen) atoms. The molecule has 2 atom stereocenters. The van der Waals surface area contributed by atoms with Gasteiger partial charge < -0.3 is 14.9 Å². The summed E-state index contributed by atoms with van der Waals surface area (Å²) < 4.78 is 42.0. The van der Waals surface area contributed by atoms with Gasteiger partial charge in [-0.25, -0.2) is 4.79 Å². The first-order chi connectivity index (χ1) is 8.68. The van der Waals surface area contributed by atoms with Gasteiger partial charge >= 0.3 is 12.1 Å². The van der Waals surface area contributed by atoms with Crippen molar-refractivity contribution in [2.45, 2.75) is 18.4 Å². The second-order valence-corrected chi connectivity index (χ2v) is 4.06. The smallest absolute Gasteiger partial charge is 0.417 e. The lowest BCUT2D eigenvalue weighted by Crippen LogP contribution is -2.29. The Kier molecular flexibility index (Phi) is 4.78. The molecular formula is C11H10ClF3O4. The van der Waals surface area contributed by atoms with Crippen molar-refractivity contribution in [3.8, 4) is 0 Å². The Balaban J connectivity index is 3.12. The molecular weight excluding hydrogens is 289 g/mol. The predicted molar refractivity (Wildman–Crippen MR) is 59.4 cm³/mol. The Morgan fingerprint density at radius 3 is 2.42 bits per heavy atom. The van der Waals surface area contributed by atoms with Crippen LogP contribution in [0.2, 0.25) is 5.02 Å². The maximum atomic E-state index is 12.6. The fourth-order valence-electron chi connectivity index (χ4n) is 1.38. The molecule has 0 saturated heterocycles. The molecule has 0 amide bonds. The molecule has 4 nitrogen and oxygen atoms in total. The first kappa shape index (κ1) is 15.7. The number of esters is 1. The van der Waals surface area contributed by atoms with E-state index in [0.717, 1.165) is 19.2 Å². The number of benzene rings is 1. The number of carbonyl (C=O) groups excluding carboxylic acids is 1. The molecule has 1 aromatic carbocycles. The number of ether oxygens (including phenoxy) is 1. The van der Waals surface area contributed by atoms with Crippen LogP contribution in [0.4, 0.5) is 13.2 Å². The number of alkyl halides is 3. The minimum absolute atomic E-state index is 0.297. The van der Waals surface area contributed by atoms with E-state index < -0.39 is 34.9 Å². The second-order valence-electron chi connectivity index (χ2n) is 3.65. The Morgan fingerprint density at radius 2 is 1.95 bits per heavy atom. The van der Waals surface area contributed by atoms with Gasteiger partial charge in [0.2, 0.25) is 0 Å². The number of rotatable bonds is 3. The summed E-state index contributed by atoms with van der Waals surface area (Å²) in [4.78, 5) is 11.0. The number of methoxy groups -OCH3 is 1. The van der Waals surface area contributed by atoms with Gasteiger partial charge in [-0.15, -0.1) is 0 Å². The van der Waals surface area contributed by atoms with Gasteiger partial charge in [0.25, 0.3) is 0 Å². The topological polar surface area (TPSA) is 66.8 Å². The van der Waals surface area contributed by atoms with Crippen molar-refractivity contribution in [2.75, 3.05) is 7.11 Å². The fraction of sp³-hybridized carbons (Fsp3) is 0.364. The summed E-state index contributed by atoms with van der Waals surface area (Å²) in [5, 5.41) is 18.4. The van der Waals surface area contributed by atoms with Gasteiger partial charge in [-0.05, 0) is 17.7 Å². The first-order valence-electron chi connectivity index (χ1n) is 4.99. The van der Waals surface area contributed by atoms with Gasteiger partial charge in [-0.1, -0.05) is 17.7 Å². The van der Waals surface area contributed by atoms with Crippen LogP contribution >= 0.6 is 11.6 Å². The lowest BCUT2D eigenvalue weighted by molar-refractivity contribution is -0.156. The maximum Gasteiger partial charge on any atom is 0.417 e. The van der Waals surface area contributed by atoms with E-state index in [9.17, 15) is 28.2 Å². The highest BCUT2D eigenvalue weighted by atomic mass is 35.5. The zero-order valence-corrected chi connectivity index (χ0v) is 10.4. The summed E-state index contributed by atoms with van der Waals surface area (Å²) in [7, 11) is 0.973. The van der Waals surface area contributed by atoms with Crippen molar-refractivity contribution < 1.29 is 32.9 Å². The van der Waals surface area contributed by atoms with Crippen LogP contribution in [0, 0.1) is 0 Å². The quantitative estimate of drug-likeness (QED) is 0.837. The summed E-state index contributed by atoms with van der Waals surface area (Å²) >= 11 is 5.40. The van der Waals surface area contributed by atoms with E-state index in [4.69, 9.17) is 11.6 Å². The molecule has 0 aromatic heterocycles. The minimum atomic E-state index is -4.71. The molecule has 0 heterocycles. The van der Waals surface area contributed by atoms with E-state index in [0.29, 0.717) is 6.07 Å². The molecule has 0 radical (unpaired) electrons. The summed E-state index contributed by atoms with van der Waals surface area (Å²) in [6.07, 6.45) is -8.53. The van der Waals surface area contributed by atoms with E-state index in [1.54, 1.807) is 0 Å². The van der Waals surface area contributed by atoms with E-state index in [1.165, 1.54) is 0 Å². The van der Waals surface area contributed by atoms with Gasteiger partial charge in [0, 0.05) is 0 Å². The Labute approximate surface area is 111 Å². The predicted octanol–water partition coefficient (Wildman–Crippen LogP) is 1.93. The summed E-state index contributed by atoms with van der Waals surface area (Å²) in [5.74, 6) is -1.16. The summed E-state index contributed by atoms with van der Waals surface area (Å²) in [6, 6.07) is 2.57. The third-order valence-corrected chi connectivity index (χ3v) is 2.71. The molecule has 1 aromatic rings. The number of aliphatic hydroxyl groups is 2. The number of hydrogen-bond donors (Lipinski definition) is 2. The molecule has 0 bridgehead atoms. The van der Waals surface area contributed by atoms with Crippen molar-refractivity contribution in [3.05, 3.63) is 34.3 Å². The molecule has 1 rings (SSSR count). The fourth-order valence-corrected chi connectivity index (χ4v) is 1.60. The van der Waals surface area contributed by atoms with Crippen LogP contribution in [-0.2, 0) is 15.7 Å². The maximum absolute atomic E-state index is 12.6. The van der Waals surface area contributed by atoms with Gasteiger partial charge in [0.1, 0.15) is 6.10 Å². The van der Waals surface area contributed by atoms with Crippen LogP contribution < -0.4 is 0 Å². The molecule has 2 N–H and O–H groups in total. The lowest BCUT2D eigenvalue weighted by Gasteiger charge is -2.18. The zero-order chi connectivity index (χ0) is 14.8. The van der Waals surface area contributed by atoms with Crippen molar-refractivity contribution in [2.24, 2.45) is 0 Å². The third kappa shape index (κ3) is 3.59. The Hall–Kier alpha value is -1.31. The highest BCUT2D eigenvalue weighted by Crippen LogP contribution is 2.36. The molecule has 0 aliphatic heterocycles. The van der Waals surface area contributed by atoms with Crippen LogP contribution in [0.25, 0.3) is 0 Å². The van der Waals surface area contributed by atoms with Crippen LogP contribution in [0.15, 0.2) is 18.2 Å². The molecule has 8 heteroatoms. The van der Waals surface area contributed by atoms with Gasteiger partial charge in [-0.3, -0.25) is 0 Å². The molecule has 0 aliphatic carbocycles. The first-order valence-corrected chi connectivity index (χ1v) is 5.37. The van der Waals surface area contributed by atoms with Crippen LogP contribution in [0.1, 0.15) is 17.2 Å². The van der Waals surface area contributed by atoms with E-state index in [1.807, 2.05) is 0 Å². The number of aliphatic hydroxyl groups excluding tert-OH is 2. The molecule has 0 spiro atoms. The largest absolute Gasteiger partial charge is 0.467 e. The molecule has 2 unspecified atom stereocenters. The minimum Gasteiger partial charge on any atom is -0.467 e. The van der Waals surface area contributed by atoms with Crippen molar-refractivity contribution >= 4 is 17.6 Å². The summed E-state index contributed by atoms with van der Waals surface area (Å²) in [6.45, 7) is 0. The lowest BCUT2D eigenvalue weighted by atomic mass is 10.0. The van der Waals surface area contributed by atoms with E-state index in [-0.39, 0.29) is 5.56 Å². The van der Waals surface area contributed by atoms with Gasteiger partial charge in [-0.2, -0.15) is 13.2 Å². The van der Waals surface area contributed by atoms with Crippen LogP contribution in [0.5, 0.6) is 0 Å². The third-order valence-electron chi connectivity index (χ3n) is 2.38. The molecule has 106 valence electrons. The van der Waals surface area contributed by atoms with Crippen molar-refractivity contribution in [1.29, 1.82) is 0 Å². The van der Waals surface area contributed by atoms with E-state index >= 15 is 0 Å². The van der Waals surface area contributed by atoms with E-state index in [2.05, 4.69) is 4.74 Å². The Morgan fingerprint density at radius 1 is 1.37 bits per heavy atom. The average Bonchev–Trinajstić information content (AvgIpc) is 2.35. The summed E-state index contributed by atoms with van der Waals surface area (Å²) in [5.41, 5.74) is -1.46. The molecule has 0 aliphatic rings. The van der Waals surface area contributed by atoms with Crippen molar-refractivity contribution in [3.63, 3.8) is 0 Å². The highest BCUT2D eigenvalue weighted by molar-refractivity contribution is 6.31. The standard InChI is InChI=1S/C11H10ClF3O4/c1-19-10(18)9(17)8(16)5-2-3-7(12)6(4-5)11(13,14)15/h2-4,8-9,16-17H,1H3. The Bertz CT molecular complexity index is 475. The second kappa shape index (κ2) is 5.77. The van der Waals surface area contributed by atoms with Gasteiger partial charge in [0.15, 0.2) is 6.10 Å². The molecule has 0 saturated carbocycles. The van der Waals surface area contributed by atoms with Gasteiger partial charge in [0.05, 0.1) is 17.7 Å². The zero-order valence-electron chi connectivity index (χ0n) is 9.61. The highest BCUT2D eigenvalue weighted by Gasteiger charge is 2.35.